The number of nitrogens with one attached hydrogen (secondary N) is 2. The summed E-state index contributed by atoms with van der Waals surface area (Å²) in [4.78, 5) is 19.7. The van der Waals surface area contributed by atoms with Crippen LogP contribution in [0.4, 0.5) is 10.2 Å². The zero-order chi connectivity index (χ0) is 20.5. The second-order valence-electron chi connectivity index (χ2n) is 7.25. The van der Waals surface area contributed by atoms with Gasteiger partial charge in [-0.25, -0.2) is 18.9 Å². The monoisotopic (exact) mass is 405 g/mol. The van der Waals surface area contributed by atoms with E-state index in [9.17, 15) is 9.18 Å². The highest BCUT2D eigenvalue weighted by molar-refractivity contribution is 5.77. The highest BCUT2D eigenvalue weighted by Crippen LogP contribution is 2.34. The Morgan fingerprint density at radius 2 is 1.93 bits per heavy atom. The maximum Gasteiger partial charge on any atom is 0.212 e. The Morgan fingerprint density at radius 3 is 2.70 bits per heavy atom. The predicted molar refractivity (Wildman–Crippen MR) is 110 cm³/mol. The molecule has 1 aromatic carbocycles. The van der Waals surface area contributed by atoms with Gasteiger partial charge in [0.15, 0.2) is 11.5 Å². The van der Waals surface area contributed by atoms with Crippen molar-refractivity contribution in [2.45, 2.75) is 18.9 Å². The molecule has 0 atom stereocenters. The summed E-state index contributed by atoms with van der Waals surface area (Å²) in [5, 5.41) is 10.7. The molecule has 0 unspecified atom stereocenters. The standard InChI is InChI=1S/C21H20FN7O/c22-15-3-1-14(2-4-15)20-21(28(12-24-20)16-7-9-23-10-8-16)17-5-6-19-26-18(25-13-30)11-29(19)27-17/h1-6,11-13,16,23H,7-10H2,(H,25,30). The Kier molecular flexibility index (Phi) is 4.72. The third-order valence-corrected chi connectivity index (χ3v) is 5.38. The molecular formula is C21H20FN7O. The third kappa shape index (κ3) is 3.33. The fourth-order valence-corrected chi connectivity index (χ4v) is 3.93. The molecule has 1 aliphatic heterocycles. The summed E-state index contributed by atoms with van der Waals surface area (Å²) in [5.74, 6) is 0.145. The van der Waals surface area contributed by atoms with Crippen LogP contribution in [0.1, 0.15) is 18.9 Å². The van der Waals surface area contributed by atoms with Crippen molar-refractivity contribution in [2.75, 3.05) is 18.4 Å². The quantitative estimate of drug-likeness (QED) is 0.499. The Labute approximate surface area is 171 Å². The van der Waals surface area contributed by atoms with Crippen molar-refractivity contribution in [3.05, 3.63) is 54.7 Å². The molecule has 2 N–H and O–H groups in total. The molecule has 0 spiro atoms. The average molecular weight is 405 g/mol. The summed E-state index contributed by atoms with van der Waals surface area (Å²) in [6.45, 7) is 1.89. The SMILES string of the molecule is O=CNc1cn2nc(-c3c(-c4ccc(F)cc4)ncn3C3CCNCC3)ccc2n1. The number of hydrogen-bond donors (Lipinski definition) is 2. The van der Waals surface area contributed by atoms with Crippen LogP contribution in [0, 0.1) is 5.82 Å². The summed E-state index contributed by atoms with van der Waals surface area (Å²) in [7, 11) is 0. The Hall–Kier alpha value is -3.59. The van der Waals surface area contributed by atoms with E-state index in [0.717, 1.165) is 48.6 Å². The van der Waals surface area contributed by atoms with E-state index in [1.54, 1.807) is 22.8 Å². The largest absolute Gasteiger partial charge is 0.326 e. The van der Waals surface area contributed by atoms with Crippen LogP contribution in [0.5, 0.6) is 0 Å². The normalized spacial score (nSPS) is 14.8. The second kappa shape index (κ2) is 7.68. The number of carbonyl (C=O) groups excluding carboxylic acids is 1. The molecule has 30 heavy (non-hydrogen) atoms. The molecule has 8 nitrogen and oxygen atoms in total. The first kappa shape index (κ1) is 18.4. The van der Waals surface area contributed by atoms with E-state index < -0.39 is 0 Å². The molecule has 9 heteroatoms. The molecule has 4 heterocycles. The highest BCUT2D eigenvalue weighted by atomic mass is 19.1. The molecule has 1 aliphatic rings. The number of anilines is 1. The van der Waals surface area contributed by atoms with E-state index in [4.69, 9.17) is 5.10 Å². The van der Waals surface area contributed by atoms with Gasteiger partial charge in [-0.2, -0.15) is 5.10 Å². The van der Waals surface area contributed by atoms with E-state index >= 15 is 0 Å². The molecule has 1 amide bonds. The van der Waals surface area contributed by atoms with Gasteiger partial charge in [-0.15, -0.1) is 0 Å². The number of carbonyl (C=O) groups is 1. The van der Waals surface area contributed by atoms with Gasteiger partial charge in [0.05, 0.1) is 23.9 Å². The van der Waals surface area contributed by atoms with Gasteiger partial charge in [0.2, 0.25) is 6.41 Å². The Balaban J connectivity index is 1.65. The van der Waals surface area contributed by atoms with Crippen molar-refractivity contribution in [2.24, 2.45) is 0 Å². The fraction of sp³-hybridized carbons (Fsp3) is 0.238. The molecular weight excluding hydrogens is 385 g/mol. The first-order valence-electron chi connectivity index (χ1n) is 9.83. The predicted octanol–water partition coefficient (Wildman–Crippen LogP) is 2.89. The van der Waals surface area contributed by atoms with Gasteiger partial charge >= 0.3 is 0 Å². The first-order valence-corrected chi connectivity index (χ1v) is 9.83. The second-order valence-corrected chi connectivity index (χ2v) is 7.25. The maximum atomic E-state index is 13.5. The minimum absolute atomic E-state index is 0.286. The lowest BCUT2D eigenvalue weighted by Crippen LogP contribution is -2.29. The Morgan fingerprint density at radius 1 is 1.13 bits per heavy atom. The minimum atomic E-state index is -0.286. The molecule has 0 radical (unpaired) electrons. The number of fused-ring (bicyclic) bond motifs is 1. The van der Waals surface area contributed by atoms with Crippen molar-refractivity contribution < 1.29 is 9.18 Å². The van der Waals surface area contributed by atoms with Crippen molar-refractivity contribution in [3.63, 3.8) is 0 Å². The molecule has 3 aromatic heterocycles. The summed E-state index contributed by atoms with van der Waals surface area (Å²) in [5.41, 5.74) is 3.82. The van der Waals surface area contributed by atoms with Crippen LogP contribution in [-0.4, -0.2) is 43.6 Å². The van der Waals surface area contributed by atoms with Crippen LogP contribution in [0.15, 0.2) is 48.9 Å². The minimum Gasteiger partial charge on any atom is -0.326 e. The van der Waals surface area contributed by atoms with Crippen LogP contribution in [0.2, 0.25) is 0 Å². The fourth-order valence-electron chi connectivity index (χ4n) is 3.93. The number of hydrogen-bond acceptors (Lipinski definition) is 5. The molecule has 4 aromatic rings. The number of benzene rings is 1. The lowest BCUT2D eigenvalue weighted by molar-refractivity contribution is -0.105. The summed E-state index contributed by atoms with van der Waals surface area (Å²) in [6, 6.07) is 10.4. The van der Waals surface area contributed by atoms with Crippen molar-refractivity contribution in [3.8, 4) is 22.6 Å². The number of piperidine rings is 1. The average Bonchev–Trinajstić information content (AvgIpc) is 3.38. The Bertz CT molecular complexity index is 1190. The van der Waals surface area contributed by atoms with Crippen LogP contribution in [-0.2, 0) is 4.79 Å². The van der Waals surface area contributed by atoms with E-state index in [1.165, 1.54) is 12.1 Å². The van der Waals surface area contributed by atoms with Crippen molar-refractivity contribution in [1.82, 2.24) is 29.5 Å². The van der Waals surface area contributed by atoms with Gasteiger partial charge in [-0.1, -0.05) is 0 Å². The molecule has 0 saturated carbocycles. The number of aromatic nitrogens is 5. The van der Waals surface area contributed by atoms with Gasteiger partial charge in [0.25, 0.3) is 0 Å². The van der Waals surface area contributed by atoms with E-state index in [2.05, 4.69) is 25.2 Å². The molecule has 1 saturated heterocycles. The van der Waals surface area contributed by atoms with Crippen LogP contribution >= 0.6 is 0 Å². The van der Waals surface area contributed by atoms with Crippen LogP contribution in [0.3, 0.4) is 0 Å². The topological polar surface area (TPSA) is 89.1 Å². The zero-order valence-electron chi connectivity index (χ0n) is 16.1. The lowest BCUT2D eigenvalue weighted by Gasteiger charge is -2.25. The van der Waals surface area contributed by atoms with Crippen LogP contribution in [0.25, 0.3) is 28.3 Å². The van der Waals surface area contributed by atoms with Crippen molar-refractivity contribution in [1.29, 1.82) is 0 Å². The number of imidazole rings is 2. The van der Waals surface area contributed by atoms with Gasteiger partial charge in [0.1, 0.15) is 11.5 Å². The molecule has 5 rings (SSSR count). The molecule has 0 bridgehead atoms. The van der Waals surface area contributed by atoms with E-state index in [0.29, 0.717) is 23.9 Å². The number of amides is 1. The maximum absolute atomic E-state index is 13.5. The smallest absolute Gasteiger partial charge is 0.212 e. The van der Waals surface area contributed by atoms with E-state index in [-0.39, 0.29) is 5.82 Å². The highest BCUT2D eigenvalue weighted by Gasteiger charge is 2.23. The van der Waals surface area contributed by atoms with Gasteiger partial charge < -0.3 is 15.2 Å². The van der Waals surface area contributed by atoms with Gasteiger partial charge in [-0.05, 0) is 62.3 Å². The number of halogens is 1. The first-order chi connectivity index (χ1) is 14.7. The molecule has 152 valence electrons. The third-order valence-electron chi connectivity index (χ3n) is 5.38. The van der Waals surface area contributed by atoms with E-state index in [1.807, 2.05) is 18.5 Å². The lowest BCUT2D eigenvalue weighted by atomic mass is 10.0. The zero-order valence-corrected chi connectivity index (χ0v) is 16.1. The molecule has 0 aliphatic carbocycles. The van der Waals surface area contributed by atoms with Gasteiger partial charge in [-0.3, -0.25) is 4.79 Å². The number of rotatable bonds is 5. The van der Waals surface area contributed by atoms with Crippen molar-refractivity contribution >= 4 is 17.9 Å². The number of nitrogens with zero attached hydrogens (tertiary/aromatic N) is 5. The van der Waals surface area contributed by atoms with Gasteiger partial charge in [0, 0.05) is 11.6 Å². The summed E-state index contributed by atoms with van der Waals surface area (Å²) < 4.78 is 17.3. The summed E-state index contributed by atoms with van der Waals surface area (Å²) in [6.07, 6.45) is 6.08. The summed E-state index contributed by atoms with van der Waals surface area (Å²) >= 11 is 0. The molecule has 1 fully saturated rings. The van der Waals surface area contributed by atoms with Crippen LogP contribution < -0.4 is 10.6 Å².